The summed E-state index contributed by atoms with van der Waals surface area (Å²) >= 11 is 0. The second kappa shape index (κ2) is 3.79. The monoisotopic (exact) mass is 180 g/mol. The molecule has 0 heterocycles. The van der Waals surface area contributed by atoms with E-state index in [0.29, 0.717) is 12.2 Å². The summed E-state index contributed by atoms with van der Waals surface area (Å²) < 4.78 is 0. The molecule has 0 aliphatic rings. The number of rotatable bonds is 2. The topological polar surface area (TPSA) is 40.5 Å². The van der Waals surface area contributed by atoms with Gasteiger partial charge >= 0.3 is 0 Å². The van der Waals surface area contributed by atoms with Crippen molar-refractivity contribution in [3.8, 4) is 5.75 Å². The number of hydrogen-bond acceptors (Lipinski definition) is 2. The second-order valence-electron chi connectivity index (χ2n) is 3.57. The molecule has 2 heteroatoms. The smallest absolute Gasteiger partial charge is 0.122 e. The van der Waals surface area contributed by atoms with Crippen molar-refractivity contribution in [2.24, 2.45) is 0 Å². The summed E-state index contributed by atoms with van der Waals surface area (Å²) in [4.78, 5) is 0. The van der Waals surface area contributed by atoms with E-state index >= 15 is 0 Å². The average molecular weight is 180 g/mol. The summed E-state index contributed by atoms with van der Waals surface area (Å²) in [6, 6.07) is 3.83. The van der Waals surface area contributed by atoms with Crippen LogP contribution < -0.4 is 0 Å². The predicted molar refractivity (Wildman–Crippen MR) is 53.0 cm³/mol. The maximum Gasteiger partial charge on any atom is 0.122 e. The van der Waals surface area contributed by atoms with Crippen molar-refractivity contribution in [2.75, 3.05) is 0 Å². The fourth-order valence-corrected chi connectivity index (χ4v) is 1.34. The van der Waals surface area contributed by atoms with E-state index in [1.165, 1.54) is 0 Å². The summed E-state index contributed by atoms with van der Waals surface area (Å²) in [5, 5.41) is 18.9. The number of hydrogen-bond donors (Lipinski definition) is 2. The quantitative estimate of drug-likeness (QED) is 0.730. The third kappa shape index (κ3) is 2.22. The lowest BCUT2D eigenvalue weighted by Crippen LogP contribution is -2.04. The number of aliphatic hydroxyl groups excluding tert-OH is 1. The molecule has 0 saturated carbocycles. The van der Waals surface area contributed by atoms with Crippen LogP contribution in [-0.2, 0) is 6.42 Å². The van der Waals surface area contributed by atoms with Gasteiger partial charge in [0.15, 0.2) is 0 Å². The van der Waals surface area contributed by atoms with E-state index in [1.807, 2.05) is 26.0 Å². The van der Waals surface area contributed by atoms with Gasteiger partial charge in [-0.15, -0.1) is 0 Å². The van der Waals surface area contributed by atoms with Gasteiger partial charge in [-0.05, 0) is 37.5 Å². The lowest BCUT2D eigenvalue weighted by Gasteiger charge is -2.10. The van der Waals surface area contributed by atoms with E-state index in [-0.39, 0.29) is 0 Å². The molecular weight excluding hydrogens is 164 g/mol. The lowest BCUT2D eigenvalue weighted by molar-refractivity contribution is 0.194. The van der Waals surface area contributed by atoms with Gasteiger partial charge in [-0.3, -0.25) is 0 Å². The van der Waals surface area contributed by atoms with Crippen LogP contribution in [0.4, 0.5) is 0 Å². The molecule has 0 aliphatic heterocycles. The number of phenols is 1. The largest absolute Gasteiger partial charge is 0.507 e. The molecule has 72 valence electrons. The third-order valence-electron chi connectivity index (χ3n) is 2.30. The van der Waals surface area contributed by atoms with Gasteiger partial charge in [-0.25, -0.2) is 0 Å². The van der Waals surface area contributed by atoms with Crippen molar-refractivity contribution in [3.63, 3.8) is 0 Å². The zero-order valence-corrected chi connectivity index (χ0v) is 8.33. The van der Waals surface area contributed by atoms with E-state index in [0.717, 1.165) is 16.7 Å². The van der Waals surface area contributed by atoms with Gasteiger partial charge in [0.05, 0.1) is 6.10 Å². The van der Waals surface area contributed by atoms with Gasteiger partial charge < -0.3 is 10.2 Å². The van der Waals surface area contributed by atoms with Crippen molar-refractivity contribution in [1.82, 2.24) is 0 Å². The van der Waals surface area contributed by atoms with Crippen LogP contribution >= 0.6 is 0 Å². The molecule has 0 saturated heterocycles. The Kier molecular flexibility index (Phi) is 2.94. The molecular formula is C11H16O2. The second-order valence-corrected chi connectivity index (χ2v) is 3.57. The molecule has 0 bridgehead atoms. The molecule has 1 aromatic carbocycles. The molecule has 0 fully saturated rings. The summed E-state index contributed by atoms with van der Waals surface area (Å²) in [7, 11) is 0. The lowest BCUT2D eigenvalue weighted by atomic mass is 10.0. The Bertz CT molecular complexity index is 303. The van der Waals surface area contributed by atoms with Gasteiger partial charge in [0.1, 0.15) is 5.75 Å². The van der Waals surface area contributed by atoms with Gasteiger partial charge in [0.25, 0.3) is 0 Å². The van der Waals surface area contributed by atoms with Crippen molar-refractivity contribution in [1.29, 1.82) is 0 Å². The summed E-state index contributed by atoms with van der Waals surface area (Å²) in [5.41, 5.74) is 2.79. The van der Waals surface area contributed by atoms with E-state index in [2.05, 4.69) is 0 Å². The minimum atomic E-state index is -0.409. The van der Waals surface area contributed by atoms with Crippen LogP contribution in [0.25, 0.3) is 0 Å². The molecule has 1 unspecified atom stereocenters. The minimum Gasteiger partial charge on any atom is -0.507 e. The molecule has 13 heavy (non-hydrogen) atoms. The molecule has 1 rings (SSSR count). The highest BCUT2D eigenvalue weighted by molar-refractivity contribution is 5.44. The van der Waals surface area contributed by atoms with E-state index in [9.17, 15) is 10.2 Å². The fourth-order valence-electron chi connectivity index (χ4n) is 1.34. The Morgan fingerprint density at radius 1 is 1.31 bits per heavy atom. The van der Waals surface area contributed by atoms with Crippen LogP contribution in [0.3, 0.4) is 0 Å². The first-order chi connectivity index (χ1) is 6.02. The van der Waals surface area contributed by atoms with Crippen LogP contribution in [0, 0.1) is 13.8 Å². The van der Waals surface area contributed by atoms with Crippen LogP contribution in [0.5, 0.6) is 5.75 Å². The Hall–Kier alpha value is -1.02. The Labute approximate surface area is 78.8 Å². The standard InChI is InChI=1S/C11H16O2/c1-7-4-5-10(6-8(2)12)11(13)9(7)3/h4-5,8,12-13H,6H2,1-3H3. The zero-order valence-electron chi connectivity index (χ0n) is 8.33. The van der Waals surface area contributed by atoms with Crippen LogP contribution in [0.2, 0.25) is 0 Å². The number of aromatic hydroxyl groups is 1. The number of phenolic OH excluding ortho intramolecular Hbond substituents is 1. The highest BCUT2D eigenvalue weighted by atomic mass is 16.3. The first kappa shape index (κ1) is 10.1. The van der Waals surface area contributed by atoms with Gasteiger partial charge in [0, 0.05) is 6.42 Å². The van der Waals surface area contributed by atoms with E-state index in [4.69, 9.17) is 0 Å². The SMILES string of the molecule is Cc1ccc(CC(C)O)c(O)c1C. The first-order valence-electron chi connectivity index (χ1n) is 4.48. The van der Waals surface area contributed by atoms with Crippen molar-refractivity contribution in [2.45, 2.75) is 33.3 Å². The molecule has 2 N–H and O–H groups in total. The first-order valence-corrected chi connectivity index (χ1v) is 4.48. The molecule has 1 aromatic rings. The van der Waals surface area contributed by atoms with Crippen LogP contribution in [0.15, 0.2) is 12.1 Å². The molecule has 0 radical (unpaired) electrons. The molecule has 0 aromatic heterocycles. The Balaban J connectivity index is 3.04. The highest BCUT2D eigenvalue weighted by Crippen LogP contribution is 2.25. The highest BCUT2D eigenvalue weighted by Gasteiger charge is 2.08. The summed E-state index contributed by atoms with van der Waals surface area (Å²) in [6.45, 7) is 5.56. The Morgan fingerprint density at radius 2 is 1.92 bits per heavy atom. The number of aryl methyl sites for hydroxylation is 1. The molecule has 2 nitrogen and oxygen atoms in total. The maximum atomic E-state index is 9.72. The van der Waals surface area contributed by atoms with Gasteiger partial charge in [-0.1, -0.05) is 12.1 Å². The van der Waals surface area contributed by atoms with E-state index < -0.39 is 6.10 Å². The minimum absolute atomic E-state index is 0.320. The normalized spacial score (nSPS) is 12.9. The van der Waals surface area contributed by atoms with E-state index in [1.54, 1.807) is 6.92 Å². The summed E-state index contributed by atoms with van der Waals surface area (Å²) in [6.07, 6.45) is 0.0976. The Morgan fingerprint density at radius 3 is 2.46 bits per heavy atom. The average Bonchev–Trinajstić information content (AvgIpc) is 2.06. The maximum absolute atomic E-state index is 9.72. The summed E-state index contributed by atoms with van der Waals surface area (Å²) in [5.74, 6) is 0.320. The fraction of sp³-hybridized carbons (Fsp3) is 0.455. The molecule has 0 amide bonds. The van der Waals surface area contributed by atoms with Crippen LogP contribution in [0.1, 0.15) is 23.6 Å². The number of aliphatic hydroxyl groups is 1. The van der Waals surface area contributed by atoms with Crippen molar-refractivity contribution in [3.05, 3.63) is 28.8 Å². The van der Waals surface area contributed by atoms with Crippen LogP contribution in [-0.4, -0.2) is 16.3 Å². The van der Waals surface area contributed by atoms with Crippen molar-refractivity contribution >= 4 is 0 Å². The number of benzene rings is 1. The third-order valence-corrected chi connectivity index (χ3v) is 2.30. The predicted octanol–water partition coefficient (Wildman–Crippen LogP) is 1.93. The van der Waals surface area contributed by atoms with Gasteiger partial charge in [-0.2, -0.15) is 0 Å². The molecule has 1 atom stereocenters. The molecule has 0 spiro atoms. The van der Waals surface area contributed by atoms with Gasteiger partial charge in [0.2, 0.25) is 0 Å². The molecule has 0 aliphatic carbocycles. The van der Waals surface area contributed by atoms with Crippen molar-refractivity contribution < 1.29 is 10.2 Å². The zero-order chi connectivity index (χ0) is 10.0.